The second-order valence-corrected chi connectivity index (χ2v) is 9.30. The minimum atomic E-state index is -3.55. The van der Waals surface area contributed by atoms with Crippen LogP contribution in [0.4, 0.5) is 5.13 Å². The van der Waals surface area contributed by atoms with Gasteiger partial charge in [-0.2, -0.15) is 0 Å². The van der Waals surface area contributed by atoms with E-state index < -0.39 is 9.84 Å². The van der Waals surface area contributed by atoms with Crippen LogP contribution in [0.5, 0.6) is 0 Å². The fourth-order valence-electron chi connectivity index (χ4n) is 3.17. The van der Waals surface area contributed by atoms with Gasteiger partial charge in [0.05, 0.1) is 16.9 Å². The number of amides is 1. The molecule has 2 aromatic heterocycles. The summed E-state index contributed by atoms with van der Waals surface area (Å²) in [6, 6.07) is 9.77. The van der Waals surface area contributed by atoms with Crippen LogP contribution >= 0.6 is 11.3 Å². The highest BCUT2D eigenvalue weighted by Crippen LogP contribution is 2.23. The van der Waals surface area contributed by atoms with E-state index in [1.165, 1.54) is 6.26 Å². The summed E-state index contributed by atoms with van der Waals surface area (Å²) in [5, 5.41) is 2.87. The van der Waals surface area contributed by atoms with Gasteiger partial charge in [0.2, 0.25) is 0 Å². The predicted molar refractivity (Wildman–Crippen MR) is 106 cm³/mol. The molecule has 1 saturated heterocycles. The predicted octanol–water partition coefficient (Wildman–Crippen LogP) is 2.67. The molecule has 0 N–H and O–H groups in total. The Bertz CT molecular complexity index is 1040. The molecule has 7 nitrogen and oxygen atoms in total. The van der Waals surface area contributed by atoms with Gasteiger partial charge in [0.15, 0.2) is 20.7 Å². The fraction of sp³-hybridized carbons (Fsp3) is 0.263. The maximum atomic E-state index is 12.9. The van der Waals surface area contributed by atoms with Gasteiger partial charge in [0.25, 0.3) is 5.91 Å². The zero-order valence-electron chi connectivity index (χ0n) is 15.0. The Morgan fingerprint density at radius 2 is 1.86 bits per heavy atom. The van der Waals surface area contributed by atoms with E-state index in [1.54, 1.807) is 58.8 Å². The van der Waals surface area contributed by atoms with Gasteiger partial charge in [0, 0.05) is 43.3 Å². The first-order chi connectivity index (χ1) is 13.5. The van der Waals surface area contributed by atoms with Gasteiger partial charge in [-0.15, -0.1) is 11.3 Å². The first kappa shape index (κ1) is 18.7. The molecule has 0 aliphatic carbocycles. The number of hydrogen-bond acceptors (Lipinski definition) is 7. The number of piperazine rings is 1. The van der Waals surface area contributed by atoms with Crippen molar-refractivity contribution in [2.75, 3.05) is 31.1 Å². The van der Waals surface area contributed by atoms with E-state index in [0.29, 0.717) is 31.7 Å². The molecule has 1 amide bonds. The van der Waals surface area contributed by atoms with E-state index in [4.69, 9.17) is 4.42 Å². The Labute approximate surface area is 167 Å². The van der Waals surface area contributed by atoms with Crippen LogP contribution in [0.2, 0.25) is 0 Å². The van der Waals surface area contributed by atoms with Crippen LogP contribution < -0.4 is 4.90 Å². The molecule has 0 unspecified atom stereocenters. The highest BCUT2D eigenvalue weighted by atomic mass is 32.2. The quantitative estimate of drug-likeness (QED) is 0.635. The van der Waals surface area contributed by atoms with Crippen LogP contribution in [0.1, 0.15) is 16.1 Å². The SMILES string of the molecule is O=C(c1occc1CS(=O)(=O)c1ccccc1)N1CCN(c2nccs2)CC1. The maximum absolute atomic E-state index is 12.9. The van der Waals surface area contributed by atoms with Gasteiger partial charge in [-0.3, -0.25) is 4.79 Å². The largest absolute Gasteiger partial charge is 0.459 e. The molecule has 3 heterocycles. The van der Waals surface area contributed by atoms with E-state index in [0.717, 1.165) is 5.13 Å². The van der Waals surface area contributed by atoms with Crippen molar-refractivity contribution in [1.29, 1.82) is 0 Å². The van der Waals surface area contributed by atoms with Crippen LogP contribution in [-0.4, -0.2) is 50.4 Å². The number of anilines is 1. The number of sulfone groups is 1. The number of thiazole rings is 1. The lowest BCUT2D eigenvalue weighted by molar-refractivity contribution is 0.0713. The fourth-order valence-corrected chi connectivity index (χ4v) is 5.24. The third kappa shape index (κ3) is 3.81. The molecule has 1 aliphatic rings. The third-order valence-electron chi connectivity index (χ3n) is 4.65. The summed E-state index contributed by atoms with van der Waals surface area (Å²) >= 11 is 1.57. The molecule has 3 aromatic rings. The van der Waals surface area contributed by atoms with E-state index in [1.807, 2.05) is 5.38 Å². The maximum Gasteiger partial charge on any atom is 0.289 e. The van der Waals surface area contributed by atoms with Crippen molar-refractivity contribution in [2.24, 2.45) is 0 Å². The Kier molecular flexibility index (Phi) is 5.19. The van der Waals surface area contributed by atoms with Gasteiger partial charge >= 0.3 is 0 Å². The minimum absolute atomic E-state index is 0.0993. The van der Waals surface area contributed by atoms with Crippen LogP contribution in [0, 0.1) is 0 Å². The van der Waals surface area contributed by atoms with Crippen LogP contribution in [-0.2, 0) is 15.6 Å². The molecule has 1 fully saturated rings. The Balaban J connectivity index is 1.46. The molecular weight excluding hydrogens is 398 g/mol. The van der Waals surface area contributed by atoms with E-state index in [9.17, 15) is 13.2 Å². The summed E-state index contributed by atoms with van der Waals surface area (Å²) in [4.78, 5) is 21.3. The summed E-state index contributed by atoms with van der Waals surface area (Å²) < 4.78 is 30.7. The highest BCUT2D eigenvalue weighted by Gasteiger charge is 2.28. The third-order valence-corrected chi connectivity index (χ3v) is 7.16. The lowest BCUT2D eigenvalue weighted by atomic mass is 10.2. The molecule has 1 aromatic carbocycles. The van der Waals surface area contributed by atoms with Crippen LogP contribution in [0.3, 0.4) is 0 Å². The van der Waals surface area contributed by atoms with Gasteiger partial charge < -0.3 is 14.2 Å². The molecule has 146 valence electrons. The standard InChI is InChI=1S/C19H19N3O4S2/c23-18(21-8-10-22(11-9-21)19-20-7-13-27-19)17-15(6-12-26-17)14-28(24,25)16-4-2-1-3-5-16/h1-7,12-13H,8-11,14H2. The smallest absolute Gasteiger partial charge is 0.289 e. The van der Waals surface area contributed by atoms with E-state index in [-0.39, 0.29) is 22.3 Å². The number of carbonyl (C=O) groups is 1. The van der Waals surface area contributed by atoms with Crippen molar-refractivity contribution in [3.8, 4) is 0 Å². The highest BCUT2D eigenvalue weighted by molar-refractivity contribution is 7.90. The topological polar surface area (TPSA) is 83.7 Å². The zero-order chi connectivity index (χ0) is 19.6. The van der Waals surface area contributed by atoms with E-state index >= 15 is 0 Å². The van der Waals surface area contributed by atoms with Crippen LogP contribution in [0.15, 0.2) is 63.6 Å². The number of furan rings is 1. The number of carbonyl (C=O) groups excluding carboxylic acids is 1. The summed E-state index contributed by atoms with van der Waals surface area (Å²) in [5.41, 5.74) is 0.385. The number of nitrogens with zero attached hydrogens (tertiary/aromatic N) is 3. The summed E-state index contributed by atoms with van der Waals surface area (Å²) in [7, 11) is -3.55. The average Bonchev–Trinajstić information content (AvgIpc) is 3.40. The molecule has 0 spiro atoms. The van der Waals surface area contributed by atoms with Crippen molar-refractivity contribution in [3.05, 3.63) is 65.6 Å². The molecule has 4 rings (SSSR count). The molecule has 0 bridgehead atoms. The Morgan fingerprint density at radius 3 is 2.54 bits per heavy atom. The Hall–Kier alpha value is -2.65. The monoisotopic (exact) mass is 417 g/mol. The van der Waals surface area contributed by atoms with Gasteiger partial charge in [-0.05, 0) is 18.2 Å². The normalized spacial score (nSPS) is 15.0. The van der Waals surface area contributed by atoms with Crippen LogP contribution in [0.25, 0.3) is 0 Å². The van der Waals surface area contributed by atoms with Crippen molar-refractivity contribution in [3.63, 3.8) is 0 Å². The molecule has 28 heavy (non-hydrogen) atoms. The summed E-state index contributed by atoms with van der Waals surface area (Å²) in [5.74, 6) is -0.447. The van der Waals surface area contributed by atoms with Gasteiger partial charge in [-0.1, -0.05) is 18.2 Å². The minimum Gasteiger partial charge on any atom is -0.459 e. The number of aromatic nitrogens is 1. The number of benzene rings is 1. The average molecular weight is 418 g/mol. The van der Waals surface area contributed by atoms with Crippen molar-refractivity contribution < 1.29 is 17.6 Å². The van der Waals surface area contributed by atoms with Gasteiger partial charge in [0.1, 0.15) is 0 Å². The number of hydrogen-bond donors (Lipinski definition) is 0. The Morgan fingerprint density at radius 1 is 1.11 bits per heavy atom. The number of rotatable bonds is 5. The van der Waals surface area contributed by atoms with Crippen molar-refractivity contribution in [1.82, 2.24) is 9.88 Å². The van der Waals surface area contributed by atoms with Crippen molar-refractivity contribution >= 4 is 32.2 Å². The molecule has 0 saturated carbocycles. The molecular formula is C19H19N3O4S2. The van der Waals surface area contributed by atoms with Gasteiger partial charge in [-0.25, -0.2) is 13.4 Å². The second-order valence-electron chi connectivity index (χ2n) is 6.44. The second kappa shape index (κ2) is 7.76. The first-order valence-corrected chi connectivity index (χ1v) is 11.4. The van der Waals surface area contributed by atoms with E-state index in [2.05, 4.69) is 9.88 Å². The summed E-state index contributed by atoms with van der Waals surface area (Å²) in [6.07, 6.45) is 3.13. The lowest BCUT2D eigenvalue weighted by Gasteiger charge is -2.34. The molecule has 0 radical (unpaired) electrons. The lowest BCUT2D eigenvalue weighted by Crippen LogP contribution is -2.48. The summed E-state index contributed by atoms with van der Waals surface area (Å²) in [6.45, 7) is 2.42. The zero-order valence-corrected chi connectivity index (χ0v) is 16.7. The molecule has 9 heteroatoms. The molecule has 0 atom stereocenters. The molecule has 1 aliphatic heterocycles. The van der Waals surface area contributed by atoms with Crippen molar-refractivity contribution in [2.45, 2.75) is 10.6 Å². The first-order valence-electron chi connectivity index (χ1n) is 8.82.